The monoisotopic (exact) mass is 522 g/mol. The molecule has 2 N–H and O–H groups in total. The van der Waals surface area contributed by atoms with Crippen molar-refractivity contribution in [2.24, 2.45) is 0 Å². The first-order valence-corrected chi connectivity index (χ1v) is 13.3. The third kappa shape index (κ3) is 6.27. The molecule has 200 valence electrons. The van der Waals surface area contributed by atoms with Gasteiger partial charge in [-0.25, -0.2) is 0 Å². The first-order valence-electron chi connectivity index (χ1n) is 13.3. The molecule has 1 aliphatic heterocycles. The molecule has 5 nitrogen and oxygen atoms in total. The summed E-state index contributed by atoms with van der Waals surface area (Å²) in [6.07, 6.45) is 2.38. The highest BCUT2D eigenvalue weighted by Gasteiger charge is 2.24. The van der Waals surface area contributed by atoms with Crippen LogP contribution in [0, 0.1) is 0 Å². The van der Waals surface area contributed by atoms with Crippen molar-refractivity contribution in [3.05, 3.63) is 124 Å². The van der Waals surface area contributed by atoms with E-state index >= 15 is 0 Å². The maximum atomic E-state index is 11.1. The number of aliphatic hydroxyl groups is 1. The van der Waals surface area contributed by atoms with Crippen LogP contribution in [0.2, 0.25) is 0 Å². The number of phenolic OH excluding ortho intramolecular Hbond substituents is 1. The molecular weight excluding hydrogens is 488 g/mol. The quantitative estimate of drug-likeness (QED) is 0.234. The van der Waals surface area contributed by atoms with Crippen molar-refractivity contribution < 1.29 is 24.4 Å². The summed E-state index contributed by atoms with van der Waals surface area (Å²) in [6, 6.07) is 29.5. The van der Waals surface area contributed by atoms with Crippen molar-refractivity contribution >= 4 is 6.08 Å². The van der Waals surface area contributed by atoms with Crippen LogP contribution in [0.5, 0.6) is 23.0 Å². The Labute approximate surface area is 229 Å². The largest absolute Gasteiger partial charge is 0.507 e. The van der Waals surface area contributed by atoms with Gasteiger partial charge >= 0.3 is 0 Å². The minimum Gasteiger partial charge on any atom is -0.507 e. The smallest absolute Gasteiger partial charge is 0.131 e. The maximum absolute atomic E-state index is 11.1. The van der Waals surface area contributed by atoms with E-state index in [-0.39, 0.29) is 24.4 Å². The van der Waals surface area contributed by atoms with Crippen LogP contribution in [0.1, 0.15) is 47.6 Å². The number of rotatable bonds is 10. The van der Waals surface area contributed by atoms with E-state index in [2.05, 4.69) is 0 Å². The van der Waals surface area contributed by atoms with Crippen LogP contribution in [-0.2, 0) is 19.6 Å². The molecule has 0 fully saturated rings. The fourth-order valence-electron chi connectivity index (χ4n) is 4.75. The van der Waals surface area contributed by atoms with Gasteiger partial charge in [-0.3, -0.25) is 0 Å². The van der Waals surface area contributed by atoms with E-state index in [4.69, 9.17) is 14.2 Å². The molecule has 1 aliphatic rings. The lowest BCUT2D eigenvalue weighted by Crippen LogP contribution is -2.17. The molecular formula is C34H34O5. The van der Waals surface area contributed by atoms with Gasteiger partial charge in [0.2, 0.25) is 0 Å². The molecule has 0 saturated heterocycles. The maximum Gasteiger partial charge on any atom is 0.131 e. The van der Waals surface area contributed by atoms with Crippen molar-refractivity contribution in [2.75, 3.05) is 6.61 Å². The Morgan fingerprint density at radius 2 is 1.51 bits per heavy atom. The van der Waals surface area contributed by atoms with Gasteiger partial charge in [0.05, 0.1) is 12.2 Å². The molecule has 2 unspecified atom stereocenters. The van der Waals surface area contributed by atoms with E-state index in [1.165, 1.54) is 0 Å². The number of phenols is 1. The first kappa shape index (κ1) is 26.4. The summed E-state index contributed by atoms with van der Waals surface area (Å²) >= 11 is 0. The summed E-state index contributed by atoms with van der Waals surface area (Å²) in [4.78, 5) is 0. The number of benzene rings is 4. The van der Waals surface area contributed by atoms with Crippen LogP contribution in [0.4, 0.5) is 0 Å². The molecule has 0 saturated carbocycles. The molecule has 0 bridgehead atoms. The molecule has 0 radical (unpaired) electrons. The Morgan fingerprint density at radius 1 is 0.846 bits per heavy atom. The van der Waals surface area contributed by atoms with Gasteiger partial charge in [0.1, 0.15) is 42.3 Å². The molecule has 1 heterocycles. The second-order valence-corrected chi connectivity index (χ2v) is 9.97. The topological polar surface area (TPSA) is 68.2 Å². The second kappa shape index (κ2) is 12.1. The lowest BCUT2D eigenvalue weighted by Gasteiger charge is -2.25. The Balaban J connectivity index is 1.42. The summed E-state index contributed by atoms with van der Waals surface area (Å²) in [6.45, 7) is 4.71. The van der Waals surface area contributed by atoms with Crippen LogP contribution < -0.4 is 14.2 Å². The predicted octanol–water partition coefficient (Wildman–Crippen LogP) is 7.05. The van der Waals surface area contributed by atoms with Crippen LogP contribution in [0.15, 0.2) is 96.6 Å². The zero-order valence-electron chi connectivity index (χ0n) is 22.3. The average molecular weight is 523 g/mol. The number of aromatic hydroxyl groups is 1. The molecule has 0 spiro atoms. The standard InChI is InChI=1S/C34H34O5/c1-23-17-31-32(39-24(23)2)16-13-27(34(31)36)18-28(20-35)30-15-14-29(37-21-25-9-5-3-6-10-25)19-33(30)38-22-26-11-7-4-8-12-26/h3-17,19,24,28,35-36H,18,20-22H2,1-2H3. The first-order chi connectivity index (χ1) is 19.0. The fraction of sp³-hybridized carbons (Fsp3) is 0.235. The van der Waals surface area contributed by atoms with Crippen LogP contribution in [0.3, 0.4) is 0 Å². The van der Waals surface area contributed by atoms with Crippen molar-refractivity contribution in [1.29, 1.82) is 0 Å². The summed E-state index contributed by atoms with van der Waals surface area (Å²) in [5, 5.41) is 21.6. The normalized spacial score (nSPS) is 15.1. The highest BCUT2D eigenvalue weighted by molar-refractivity contribution is 5.70. The summed E-state index contributed by atoms with van der Waals surface area (Å²) < 4.78 is 18.3. The summed E-state index contributed by atoms with van der Waals surface area (Å²) in [7, 11) is 0. The van der Waals surface area contributed by atoms with Crippen LogP contribution in [-0.4, -0.2) is 22.9 Å². The predicted molar refractivity (Wildman–Crippen MR) is 153 cm³/mol. The van der Waals surface area contributed by atoms with E-state index < -0.39 is 0 Å². The summed E-state index contributed by atoms with van der Waals surface area (Å²) in [5.41, 5.74) is 5.46. The molecule has 2 atom stereocenters. The minimum absolute atomic E-state index is 0.0279. The molecule has 39 heavy (non-hydrogen) atoms. The van der Waals surface area contributed by atoms with Crippen LogP contribution >= 0.6 is 0 Å². The van der Waals surface area contributed by atoms with E-state index in [0.29, 0.717) is 42.4 Å². The van der Waals surface area contributed by atoms with Gasteiger partial charge in [-0.2, -0.15) is 0 Å². The van der Waals surface area contributed by atoms with Gasteiger partial charge in [-0.1, -0.05) is 72.8 Å². The highest BCUT2D eigenvalue weighted by atomic mass is 16.5. The molecule has 0 aliphatic carbocycles. The van der Waals surface area contributed by atoms with Gasteiger partial charge in [-0.05, 0) is 60.7 Å². The van der Waals surface area contributed by atoms with Gasteiger partial charge in [0.25, 0.3) is 0 Å². The number of hydrogen-bond donors (Lipinski definition) is 2. The van der Waals surface area contributed by atoms with Gasteiger partial charge in [0.15, 0.2) is 0 Å². The van der Waals surface area contributed by atoms with E-state index in [1.54, 1.807) is 0 Å². The van der Waals surface area contributed by atoms with Gasteiger partial charge in [-0.15, -0.1) is 0 Å². The third-order valence-corrected chi connectivity index (χ3v) is 7.17. The SMILES string of the molecule is CC1=Cc2c(ccc(CC(CO)c3ccc(OCc4ccccc4)cc3OCc3ccccc3)c2O)OC1C. The zero-order valence-corrected chi connectivity index (χ0v) is 22.3. The van der Waals surface area contributed by atoms with Crippen LogP contribution in [0.25, 0.3) is 6.08 Å². The number of hydrogen-bond acceptors (Lipinski definition) is 5. The molecule has 5 rings (SSSR count). The molecule has 0 amide bonds. The lowest BCUT2D eigenvalue weighted by atomic mass is 9.89. The number of fused-ring (bicyclic) bond motifs is 1. The summed E-state index contributed by atoms with van der Waals surface area (Å²) in [5.74, 6) is 1.89. The van der Waals surface area contributed by atoms with E-state index in [1.807, 2.05) is 111 Å². The zero-order chi connectivity index (χ0) is 27.2. The number of aliphatic hydroxyl groups excluding tert-OH is 1. The fourth-order valence-corrected chi connectivity index (χ4v) is 4.75. The van der Waals surface area contributed by atoms with Crippen molar-refractivity contribution in [1.82, 2.24) is 0 Å². The Hall–Kier alpha value is -4.22. The van der Waals surface area contributed by atoms with Gasteiger partial charge in [0, 0.05) is 17.5 Å². The van der Waals surface area contributed by atoms with Crippen molar-refractivity contribution in [3.63, 3.8) is 0 Å². The number of ether oxygens (including phenoxy) is 3. The minimum atomic E-state index is -0.295. The Morgan fingerprint density at radius 3 is 2.18 bits per heavy atom. The van der Waals surface area contributed by atoms with E-state index in [0.717, 1.165) is 27.8 Å². The Kier molecular flexibility index (Phi) is 8.18. The van der Waals surface area contributed by atoms with Crippen molar-refractivity contribution in [2.45, 2.75) is 45.5 Å². The molecule has 0 aromatic heterocycles. The molecule has 5 heteroatoms. The third-order valence-electron chi connectivity index (χ3n) is 7.17. The molecule has 4 aromatic rings. The second-order valence-electron chi connectivity index (χ2n) is 9.97. The molecule has 4 aromatic carbocycles. The Bertz CT molecular complexity index is 1430. The average Bonchev–Trinajstić information content (AvgIpc) is 2.97. The lowest BCUT2D eigenvalue weighted by molar-refractivity contribution is 0.249. The van der Waals surface area contributed by atoms with Crippen molar-refractivity contribution in [3.8, 4) is 23.0 Å². The highest BCUT2D eigenvalue weighted by Crippen LogP contribution is 2.41. The van der Waals surface area contributed by atoms with E-state index in [9.17, 15) is 10.2 Å². The van der Waals surface area contributed by atoms with Gasteiger partial charge < -0.3 is 24.4 Å².